The quantitative estimate of drug-likeness (QED) is 0.754. The summed E-state index contributed by atoms with van der Waals surface area (Å²) in [5.74, 6) is 2.34. The van der Waals surface area contributed by atoms with Gasteiger partial charge in [0.1, 0.15) is 17.3 Å². The van der Waals surface area contributed by atoms with Gasteiger partial charge in [-0.25, -0.2) is 4.99 Å². The average molecular weight is 380 g/mol. The topological polar surface area (TPSA) is 53.9 Å². The molecule has 0 atom stereocenters. The average Bonchev–Trinajstić information content (AvgIpc) is 2.78. The molecule has 1 amide bonds. The van der Waals surface area contributed by atoms with Crippen molar-refractivity contribution in [3.8, 4) is 11.5 Å². The first-order chi connectivity index (χ1) is 13.3. The van der Waals surface area contributed by atoms with Crippen LogP contribution in [0.25, 0.3) is 0 Å². The molecule has 0 spiro atoms. The number of amides is 1. The van der Waals surface area contributed by atoms with E-state index >= 15 is 0 Å². The van der Waals surface area contributed by atoms with E-state index in [4.69, 9.17) is 9.73 Å². The summed E-state index contributed by atoms with van der Waals surface area (Å²) >= 11 is 0. The molecule has 0 bridgehead atoms. The molecule has 5 heteroatoms. The highest BCUT2D eigenvalue weighted by atomic mass is 16.5. The SMILES string of the molecule is CCN(CC)C1=Nc2ccccc2Oc2ccc(NC(=O)CC(C)(C)C)cc21. The zero-order valence-corrected chi connectivity index (χ0v) is 17.4. The molecule has 1 N–H and O–H groups in total. The minimum absolute atomic E-state index is 0.00612. The maximum atomic E-state index is 12.4. The number of amidine groups is 1. The Morgan fingerprint density at radius 3 is 2.46 bits per heavy atom. The number of anilines is 1. The molecule has 0 saturated carbocycles. The normalized spacial score (nSPS) is 12.8. The summed E-state index contributed by atoms with van der Waals surface area (Å²) in [7, 11) is 0. The molecule has 28 heavy (non-hydrogen) atoms. The highest BCUT2D eigenvalue weighted by molar-refractivity contribution is 6.05. The number of para-hydroxylation sites is 2. The molecule has 0 saturated heterocycles. The summed E-state index contributed by atoms with van der Waals surface area (Å²) in [6.07, 6.45) is 0.461. The van der Waals surface area contributed by atoms with Gasteiger partial charge in [0, 0.05) is 25.2 Å². The Hall–Kier alpha value is -2.82. The second-order valence-corrected chi connectivity index (χ2v) is 8.17. The molecule has 0 radical (unpaired) electrons. The van der Waals surface area contributed by atoms with E-state index in [0.717, 1.165) is 47.4 Å². The zero-order chi connectivity index (χ0) is 20.3. The maximum Gasteiger partial charge on any atom is 0.224 e. The van der Waals surface area contributed by atoms with Gasteiger partial charge < -0.3 is 15.0 Å². The molecule has 3 rings (SSSR count). The van der Waals surface area contributed by atoms with Gasteiger partial charge in [-0.15, -0.1) is 0 Å². The summed E-state index contributed by atoms with van der Waals surface area (Å²) in [6.45, 7) is 12.0. The lowest BCUT2D eigenvalue weighted by Crippen LogP contribution is -2.31. The van der Waals surface area contributed by atoms with Gasteiger partial charge in [0.05, 0.1) is 5.56 Å². The third-order valence-corrected chi connectivity index (χ3v) is 4.57. The molecule has 0 unspecified atom stereocenters. The van der Waals surface area contributed by atoms with Gasteiger partial charge in [-0.2, -0.15) is 0 Å². The van der Waals surface area contributed by atoms with E-state index < -0.39 is 0 Å². The molecule has 0 aliphatic carbocycles. The second-order valence-electron chi connectivity index (χ2n) is 8.17. The van der Waals surface area contributed by atoms with Crippen LogP contribution in [-0.2, 0) is 4.79 Å². The van der Waals surface area contributed by atoms with Crippen LogP contribution >= 0.6 is 0 Å². The summed E-state index contributed by atoms with van der Waals surface area (Å²) in [4.78, 5) is 19.5. The molecule has 2 aromatic carbocycles. The highest BCUT2D eigenvalue weighted by Gasteiger charge is 2.23. The van der Waals surface area contributed by atoms with E-state index in [1.54, 1.807) is 0 Å². The molecule has 148 valence electrons. The summed E-state index contributed by atoms with van der Waals surface area (Å²) in [6, 6.07) is 13.5. The van der Waals surface area contributed by atoms with E-state index in [-0.39, 0.29) is 11.3 Å². The van der Waals surface area contributed by atoms with Crippen LogP contribution in [-0.4, -0.2) is 29.7 Å². The number of nitrogens with one attached hydrogen (secondary N) is 1. The smallest absolute Gasteiger partial charge is 0.224 e. The van der Waals surface area contributed by atoms with Crippen molar-refractivity contribution in [1.82, 2.24) is 4.90 Å². The Bertz CT molecular complexity index is 893. The molecular weight excluding hydrogens is 350 g/mol. The van der Waals surface area contributed by atoms with Crippen molar-refractivity contribution >= 4 is 23.1 Å². The molecular formula is C23H29N3O2. The van der Waals surface area contributed by atoms with Gasteiger partial charge in [-0.3, -0.25) is 4.79 Å². The van der Waals surface area contributed by atoms with Crippen LogP contribution in [0.3, 0.4) is 0 Å². The largest absolute Gasteiger partial charge is 0.454 e. The molecule has 2 aromatic rings. The summed E-state index contributed by atoms with van der Waals surface area (Å²) in [5.41, 5.74) is 2.38. The number of hydrogen-bond donors (Lipinski definition) is 1. The molecule has 1 aliphatic rings. The Morgan fingerprint density at radius 1 is 1.07 bits per heavy atom. The summed E-state index contributed by atoms with van der Waals surface area (Å²) in [5, 5.41) is 3.02. The first-order valence-electron chi connectivity index (χ1n) is 9.85. The Balaban J connectivity index is 2.01. The fourth-order valence-electron chi connectivity index (χ4n) is 3.25. The van der Waals surface area contributed by atoms with Crippen molar-refractivity contribution in [3.63, 3.8) is 0 Å². The van der Waals surface area contributed by atoms with Crippen molar-refractivity contribution in [2.75, 3.05) is 18.4 Å². The molecule has 1 aliphatic heterocycles. The third-order valence-electron chi connectivity index (χ3n) is 4.57. The number of aliphatic imine (C=N–C) groups is 1. The zero-order valence-electron chi connectivity index (χ0n) is 17.4. The van der Waals surface area contributed by atoms with E-state index in [9.17, 15) is 4.79 Å². The molecule has 1 heterocycles. The lowest BCUT2D eigenvalue weighted by molar-refractivity contribution is -0.117. The number of rotatable bonds is 4. The number of ether oxygens (including phenoxy) is 1. The van der Waals surface area contributed by atoms with Crippen LogP contribution in [0.4, 0.5) is 11.4 Å². The second kappa shape index (κ2) is 8.05. The standard InChI is InChI=1S/C23H29N3O2/c1-6-26(7-2)22-17-14-16(24-21(27)15-23(3,4)5)12-13-19(17)28-20-11-9-8-10-18(20)25-22/h8-14H,6-7,15H2,1-5H3,(H,24,27). The van der Waals surface area contributed by atoms with Gasteiger partial charge in [-0.1, -0.05) is 32.9 Å². The third kappa shape index (κ3) is 4.53. The van der Waals surface area contributed by atoms with Gasteiger partial charge >= 0.3 is 0 Å². The van der Waals surface area contributed by atoms with Gasteiger partial charge in [0.25, 0.3) is 0 Å². The van der Waals surface area contributed by atoms with Crippen LogP contribution in [0.5, 0.6) is 11.5 Å². The van der Waals surface area contributed by atoms with Gasteiger partial charge in [-0.05, 0) is 49.6 Å². The minimum Gasteiger partial charge on any atom is -0.454 e. The molecule has 0 fully saturated rings. The Labute approximate surface area is 167 Å². The lowest BCUT2D eigenvalue weighted by Gasteiger charge is -2.24. The number of nitrogens with zero attached hydrogens (tertiary/aromatic N) is 2. The predicted molar refractivity (Wildman–Crippen MR) is 115 cm³/mol. The Morgan fingerprint density at radius 2 is 1.79 bits per heavy atom. The fraction of sp³-hybridized carbons (Fsp3) is 0.391. The van der Waals surface area contributed by atoms with Crippen LogP contribution in [0.2, 0.25) is 0 Å². The number of carbonyl (C=O) groups is 1. The first kappa shape index (κ1) is 19.9. The monoisotopic (exact) mass is 379 g/mol. The predicted octanol–water partition coefficient (Wildman–Crippen LogP) is 5.59. The number of carbonyl (C=O) groups excluding carboxylic acids is 1. The van der Waals surface area contributed by atoms with Crippen molar-refractivity contribution in [2.24, 2.45) is 10.4 Å². The van der Waals surface area contributed by atoms with Gasteiger partial charge in [0.2, 0.25) is 5.91 Å². The fourth-order valence-corrected chi connectivity index (χ4v) is 3.25. The van der Waals surface area contributed by atoms with Crippen LogP contribution in [0, 0.1) is 5.41 Å². The van der Waals surface area contributed by atoms with E-state index in [1.807, 2.05) is 42.5 Å². The maximum absolute atomic E-state index is 12.4. The lowest BCUT2D eigenvalue weighted by atomic mass is 9.92. The van der Waals surface area contributed by atoms with Gasteiger partial charge in [0.15, 0.2) is 5.75 Å². The van der Waals surface area contributed by atoms with Crippen molar-refractivity contribution in [3.05, 3.63) is 48.0 Å². The highest BCUT2D eigenvalue weighted by Crippen LogP contribution is 2.39. The minimum atomic E-state index is -0.0611. The van der Waals surface area contributed by atoms with Crippen molar-refractivity contribution < 1.29 is 9.53 Å². The summed E-state index contributed by atoms with van der Waals surface area (Å²) < 4.78 is 6.16. The Kier molecular flexibility index (Phi) is 5.73. The molecule has 0 aromatic heterocycles. The van der Waals surface area contributed by atoms with Crippen LogP contribution < -0.4 is 10.1 Å². The van der Waals surface area contributed by atoms with Crippen LogP contribution in [0.15, 0.2) is 47.5 Å². The number of hydrogen-bond acceptors (Lipinski definition) is 4. The van der Waals surface area contributed by atoms with Crippen LogP contribution in [0.1, 0.15) is 46.6 Å². The van der Waals surface area contributed by atoms with E-state index in [1.165, 1.54) is 0 Å². The first-order valence-corrected chi connectivity index (χ1v) is 9.85. The van der Waals surface area contributed by atoms with Crippen molar-refractivity contribution in [2.45, 2.75) is 41.0 Å². The number of fused-ring (bicyclic) bond motifs is 2. The number of benzene rings is 2. The van der Waals surface area contributed by atoms with E-state index in [2.05, 4.69) is 44.8 Å². The molecule has 5 nitrogen and oxygen atoms in total. The van der Waals surface area contributed by atoms with E-state index in [0.29, 0.717) is 6.42 Å². The van der Waals surface area contributed by atoms with Crippen molar-refractivity contribution in [1.29, 1.82) is 0 Å².